The van der Waals surface area contributed by atoms with Crippen molar-refractivity contribution in [2.45, 2.75) is 70.5 Å². The molecule has 3 aromatic rings. The van der Waals surface area contributed by atoms with Crippen LogP contribution in [0.25, 0.3) is 10.2 Å². The summed E-state index contributed by atoms with van der Waals surface area (Å²) in [7, 11) is 0. The number of aromatic nitrogens is 2. The summed E-state index contributed by atoms with van der Waals surface area (Å²) in [5.41, 5.74) is 2.12. The lowest BCUT2D eigenvalue weighted by Crippen LogP contribution is -2.52. The van der Waals surface area contributed by atoms with E-state index < -0.39 is 23.5 Å². The fraction of sp³-hybridized carbons (Fsp3) is 0.429. The van der Waals surface area contributed by atoms with Gasteiger partial charge in [0.1, 0.15) is 28.1 Å². The Morgan fingerprint density at radius 1 is 1.18 bits per heavy atom. The molecule has 2 aromatic heterocycles. The molecule has 1 saturated carbocycles. The van der Waals surface area contributed by atoms with Gasteiger partial charge in [0.15, 0.2) is 0 Å². The number of imide groups is 1. The molecule has 12 heteroatoms. The Morgan fingerprint density at radius 2 is 1.98 bits per heavy atom. The fourth-order valence-electron chi connectivity index (χ4n) is 5.19. The van der Waals surface area contributed by atoms with Gasteiger partial charge in [0.05, 0.1) is 34.6 Å². The summed E-state index contributed by atoms with van der Waals surface area (Å²) >= 11 is 1.54. The van der Waals surface area contributed by atoms with Crippen molar-refractivity contribution in [3.8, 4) is 5.75 Å². The summed E-state index contributed by atoms with van der Waals surface area (Å²) < 4.78 is 6.93. The summed E-state index contributed by atoms with van der Waals surface area (Å²) in [4.78, 5) is 60.4. The van der Waals surface area contributed by atoms with Crippen molar-refractivity contribution in [2.75, 3.05) is 11.9 Å². The van der Waals surface area contributed by atoms with Crippen LogP contribution in [0.4, 0.5) is 10.6 Å². The third kappa shape index (κ3) is 4.87. The van der Waals surface area contributed by atoms with Crippen LogP contribution in [0, 0.1) is 0 Å². The Labute approximate surface area is 234 Å². The number of hydrogen-bond donors (Lipinski definition) is 3. The van der Waals surface area contributed by atoms with Crippen LogP contribution in [-0.2, 0) is 21.7 Å². The van der Waals surface area contributed by atoms with Crippen molar-refractivity contribution >= 4 is 51.1 Å². The number of piperidine rings is 1. The first-order valence-electron chi connectivity index (χ1n) is 13.4. The number of amides is 5. The number of anilines is 1. The minimum absolute atomic E-state index is 0.125. The second-order valence-electron chi connectivity index (χ2n) is 10.9. The summed E-state index contributed by atoms with van der Waals surface area (Å²) in [6.07, 6.45) is 2.83. The lowest BCUT2D eigenvalue weighted by atomic mass is 10.0. The van der Waals surface area contributed by atoms with Crippen molar-refractivity contribution in [3.63, 3.8) is 0 Å². The second kappa shape index (κ2) is 9.84. The van der Waals surface area contributed by atoms with Crippen molar-refractivity contribution < 1.29 is 23.9 Å². The standard InChI is InChI=1S/C28H30N6O5S/c1-4-39-19-11-15(14-5-6-14)12-20-23(19)32-26(40-20)28(2,3)33-27(38)30-21-9-7-16-17(29-21)13-34(25(16)37)18-8-10-22(35)31-24(18)36/h7,9,11-12,14,18H,4-6,8,10,13H2,1-3H3,(H,31,35,36)(H2,29,30,33,38). The highest BCUT2D eigenvalue weighted by Gasteiger charge is 2.40. The first kappa shape index (κ1) is 26.2. The topological polar surface area (TPSA) is 143 Å². The number of carbonyl (C=O) groups excluding carboxylic acids is 4. The highest BCUT2D eigenvalue weighted by Crippen LogP contribution is 2.44. The molecule has 6 rings (SSSR count). The molecule has 4 heterocycles. The molecule has 0 radical (unpaired) electrons. The molecule has 0 bridgehead atoms. The molecular formula is C28H30N6O5S. The number of thiazole rings is 1. The van der Waals surface area contributed by atoms with E-state index in [1.807, 2.05) is 20.8 Å². The van der Waals surface area contributed by atoms with Gasteiger partial charge in [-0.3, -0.25) is 25.0 Å². The van der Waals surface area contributed by atoms with Gasteiger partial charge in [-0.1, -0.05) is 0 Å². The zero-order valence-corrected chi connectivity index (χ0v) is 23.3. The van der Waals surface area contributed by atoms with Gasteiger partial charge in [-0.2, -0.15) is 0 Å². The molecule has 1 atom stereocenters. The average molecular weight is 563 g/mol. The van der Waals surface area contributed by atoms with Gasteiger partial charge in [0.25, 0.3) is 5.91 Å². The number of benzene rings is 1. The van der Waals surface area contributed by atoms with Gasteiger partial charge in [-0.15, -0.1) is 11.3 Å². The number of ether oxygens (including phenoxy) is 1. The molecule has 5 amide bonds. The van der Waals surface area contributed by atoms with Gasteiger partial charge in [-0.05, 0) is 75.8 Å². The Morgan fingerprint density at radius 3 is 2.70 bits per heavy atom. The Bertz CT molecular complexity index is 1560. The number of pyridine rings is 1. The molecule has 1 unspecified atom stereocenters. The summed E-state index contributed by atoms with van der Waals surface area (Å²) in [6.45, 7) is 6.40. The van der Waals surface area contributed by atoms with Crippen LogP contribution < -0.4 is 20.7 Å². The van der Waals surface area contributed by atoms with Crippen LogP contribution in [0.15, 0.2) is 24.3 Å². The van der Waals surface area contributed by atoms with Crippen LogP contribution >= 0.6 is 11.3 Å². The predicted octanol–water partition coefficient (Wildman–Crippen LogP) is 3.79. The number of nitrogens with zero attached hydrogens (tertiary/aromatic N) is 3. The minimum Gasteiger partial charge on any atom is -0.492 e. The van der Waals surface area contributed by atoms with E-state index in [2.05, 4.69) is 33.1 Å². The first-order chi connectivity index (χ1) is 19.1. The highest BCUT2D eigenvalue weighted by atomic mass is 32.1. The van der Waals surface area contributed by atoms with Gasteiger partial charge in [-0.25, -0.2) is 14.8 Å². The largest absolute Gasteiger partial charge is 0.492 e. The molecule has 2 fully saturated rings. The van der Waals surface area contributed by atoms with E-state index in [9.17, 15) is 19.2 Å². The lowest BCUT2D eigenvalue weighted by Gasteiger charge is -2.29. The normalized spacial score (nSPS) is 19.0. The number of carbonyl (C=O) groups is 4. The number of urea groups is 1. The Balaban J connectivity index is 1.16. The van der Waals surface area contributed by atoms with Crippen molar-refractivity contribution in [3.05, 3.63) is 46.1 Å². The van der Waals surface area contributed by atoms with E-state index in [0.29, 0.717) is 23.8 Å². The molecule has 208 valence electrons. The van der Waals surface area contributed by atoms with Crippen molar-refractivity contribution in [1.29, 1.82) is 0 Å². The zero-order chi connectivity index (χ0) is 28.2. The van der Waals surface area contributed by atoms with E-state index in [1.54, 1.807) is 12.1 Å². The molecule has 0 spiro atoms. The van der Waals surface area contributed by atoms with Crippen LogP contribution in [0.1, 0.15) is 79.0 Å². The first-order valence-corrected chi connectivity index (χ1v) is 14.3. The number of fused-ring (bicyclic) bond motifs is 2. The van der Waals surface area contributed by atoms with E-state index in [0.717, 1.165) is 21.0 Å². The summed E-state index contributed by atoms with van der Waals surface area (Å²) in [5.74, 6) is 0.491. The predicted molar refractivity (Wildman–Crippen MR) is 148 cm³/mol. The molecule has 40 heavy (non-hydrogen) atoms. The van der Waals surface area contributed by atoms with Crippen molar-refractivity contribution in [1.82, 2.24) is 25.5 Å². The SMILES string of the molecule is CCOc1cc(C2CC2)cc2sc(C(C)(C)NC(=O)Nc3ccc4c(n3)CN(C3CCC(=O)NC3=O)C4=O)nc12. The van der Waals surface area contributed by atoms with Crippen LogP contribution in [0.2, 0.25) is 0 Å². The molecule has 11 nitrogen and oxygen atoms in total. The second-order valence-corrected chi connectivity index (χ2v) is 11.9. The van der Waals surface area contributed by atoms with E-state index in [4.69, 9.17) is 9.72 Å². The molecule has 1 saturated heterocycles. The Hall–Kier alpha value is -4.06. The third-order valence-electron chi connectivity index (χ3n) is 7.41. The van der Waals surface area contributed by atoms with Gasteiger partial charge in [0.2, 0.25) is 11.8 Å². The maximum Gasteiger partial charge on any atom is 0.321 e. The molecular weight excluding hydrogens is 532 g/mol. The van der Waals surface area contributed by atoms with Crippen LogP contribution in [0.3, 0.4) is 0 Å². The maximum absolute atomic E-state index is 13.0. The third-order valence-corrected chi connectivity index (χ3v) is 8.73. The molecule has 3 N–H and O–H groups in total. The van der Waals surface area contributed by atoms with Gasteiger partial charge < -0.3 is 15.0 Å². The fourth-order valence-corrected chi connectivity index (χ4v) is 6.28. The molecule has 2 aliphatic heterocycles. The smallest absolute Gasteiger partial charge is 0.321 e. The van der Waals surface area contributed by atoms with Crippen LogP contribution in [0.5, 0.6) is 5.75 Å². The molecule has 3 aliphatic rings. The monoisotopic (exact) mass is 562 g/mol. The van der Waals surface area contributed by atoms with E-state index >= 15 is 0 Å². The van der Waals surface area contributed by atoms with Gasteiger partial charge in [0, 0.05) is 6.42 Å². The van der Waals surface area contributed by atoms with Gasteiger partial charge >= 0.3 is 6.03 Å². The highest BCUT2D eigenvalue weighted by molar-refractivity contribution is 7.18. The minimum atomic E-state index is -0.785. The molecule has 1 aromatic carbocycles. The Kier molecular flexibility index (Phi) is 6.44. The lowest BCUT2D eigenvalue weighted by molar-refractivity contribution is -0.136. The summed E-state index contributed by atoms with van der Waals surface area (Å²) in [5, 5.41) is 8.78. The summed E-state index contributed by atoms with van der Waals surface area (Å²) in [6, 6.07) is 6.23. The van der Waals surface area contributed by atoms with Crippen molar-refractivity contribution in [2.24, 2.45) is 0 Å². The molecule has 1 aliphatic carbocycles. The zero-order valence-electron chi connectivity index (χ0n) is 22.5. The average Bonchev–Trinajstić information content (AvgIpc) is 3.57. The maximum atomic E-state index is 13.0. The number of nitrogens with one attached hydrogen (secondary N) is 3. The number of rotatable bonds is 7. The van der Waals surface area contributed by atoms with Crippen LogP contribution in [-0.4, -0.2) is 51.3 Å². The van der Waals surface area contributed by atoms with E-state index in [-0.39, 0.29) is 37.0 Å². The van der Waals surface area contributed by atoms with E-state index in [1.165, 1.54) is 34.6 Å². The quantitative estimate of drug-likeness (QED) is 0.372. The number of hydrogen-bond acceptors (Lipinski definition) is 8.